The van der Waals surface area contributed by atoms with Crippen LogP contribution in [0.2, 0.25) is 0 Å². The molecular weight excluding hydrogens is 1200 g/mol. The summed E-state index contributed by atoms with van der Waals surface area (Å²) in [5.41, 5.74) is 2.17. The van der Waals surface area contributed by atoms with Gasteiger partial charge >= 0.3 is 12.2 Å². The highest BCUT2D eigenvalue weighted by Crippen LogP contribution is 2.44. The third kappa shape index (κ3) is 16.2. The molecular formula is C72H98F2N10O10. The lowest BCUT2D eigenvalue weighted by Gasteiger charge is -2.47. The molecule has 2 unspecified atom stereocenters. The quantitative estimate of drug-likeness (QED) is 0.0999. The minimum Gasteiger partial charge on any atom is -0.444 e. The van der Waals surface area contributed by atoms with Gasteiger partial charge in [0.25, 0.3) is 0 Å². The second-order valence-electron chi connectivity index (χ2n) is 29.4. The standard InChI is InChI=1S/C72H98F2N10O10/c1-47-35-79(57(37-77-27-29-91-43-49(77)3)39-81(47)67(89)93-69(5,6)7)41-63(85)83-45-71(11,59-23-17-53(33-61(59)83)31-51-13-19-55(73)20-14-51)65(87)75-25-26-76-66(88)72(12)46-84(62-34-54(18-24-60(62)72)32-52-15-21-56(74)22-16-52)64(86)42-80-36-48(2)82(68(90)94-70(8,9)10)40-58(80)38-78-28-30-92-44-50(78)4/h13-24,33-34,47-50,57-58H,25-32,35-46H2,1-12H3,(H,75,87)(H,76,88)/t47-,48-,49-,50-,57+,58+,71?,72?/m1/s1. The highest BCUT2D eigenvalue weighted by Gasteiger charge is 2.50. The normalized spacial score (nSPS) is 25.6. The minimum atomic E-state index is -1.22. The summed E-state index contributed by atoms with van der Waals surface area (Å²) in [5, 5.41) is 6.21. The molecule has 6 heterocycles. The summed E-state index contributed by atoms with van der Waals surface area (Å²) < 4.78 is 51.4. The highest BCUT2D eigenvalue weighted by atomic mass is 19.1. The largest absolute Gasteiger partial charge is 0.444 e. The maximum absolute atomic E-state index is 15.2. The third-order valence-electron chi connectivity index (χ3n) is 19.5. The van der Waals surface area contributed by atoms with Gasteiger partial charge in [-0.25, -0.2) is 18.4 Å². The highest BCUT2D eigenvalue weighted by molar-refractivity contribution is 6.04. The first-order valence-corrected chi connectivity index (χ1v) is 33.5. The molecule has 0 aliphatic carbocycles. The summed E-state index contributed by atoms with van der Waals surface area (Å²) in [6.45, 7) is 29.5. The van der Waals surface area contributed by atoms with Crippen molar-refractivity contribution in [1.82, 2.24) is 40.0 Å². The van der Waals surface area contributed by atoms with Gasteiger partial charge in [-0.1, -0.05) is 48.5 Å². The van der Waals surface area contributed by atoms with Crippen LogP contribution in [0.4, 0.5) is 29.7 Å². The average Bonchev–Trinajstić information content (AvgIpc) is 1.59. The van der Waals surface area contributed by atoms with Crippen LogP contribution in [0.5, 0.6) is 0 Å². The van der Waals surface area contributed by atoms with Crippen molar-refractivity contribution in [3.63, 3.8) is 0 Å². The molecule has 4 fully saturated rings. The van der Waals surface area contributed by atoms with E-state index in [2.05, 4.69) is 44.1 Å². The fourth-order valence-corrected chi connectivity index (χ4v) is 14.2. The van der Waals surface area contributed by atoms with Crippen molar-refractivity contribution in [2.45, 2.75) is 154 Å². The van der Waals surface area contributed by atoms with Crippen molar-refractivity contribution >= 4 is 47.2 Å². The van der Waals surface area contributed by atoms with Gasteiger partial charge in [0, 0.05) is 126 Å². The number of nitrogens with one attached hydrogen (secondary N) is 2. The Bertz CT molecular complexity index is 3180. The number of ether oxygens (including phenoxy) is 4. The summed E-state index contributed by atoms with van der Waals surface area (Å²) in [6, 6.07) is 23.4. The molecule has 0 bridgehead atoms. The van der Waals surface area contributed by atoms with E-state index in [4.69, 9.17) is 18.9 Å². The number of hydrogen-bond acceptors (Lipinski definition) is 14. The van der Waals surface area contributed by atoms with Crippen LogP contribution in [-0.2, 0) is 61.8 Å². The molecule has 4 saturated heterocycles. The SMILES string of the molecule is C[C@@H]1COCCN1C[C@H]1CN(C(=O)OC(C)(C)C)[C@H](C)CN1CC(=O)N1CC(C)(C(=O)NCCNC(=O)C2(C)CN(C(=O)CN3C[C@@H](C)N(C(=O)OC(C)(C)C)C[C@@H]3CN3CCOC[C@H]3C)c3cc(Cc4ccc(F)cc4)ccc32)c2ccc(Cc3ccc(F)cc3)cc21. The minimum absolute atomic E-state index is 0.0164. The van der Waals surface area contributed by atoms with Gasteiger partial charge in [0.05, 0.1) is 50.3 Å². The molecule has 94 heavy (non-hydrogen) atoms. The van der Waals surface area contributed by atoms with Gasteiger partial charge in [0.15, 0.2) is 0 Å². The lowest BCUT2D eigenvalue weighted by atomic mass is 9.82. The molecule has 6 aliphatic heterocycles. The van der Waals surface area contributed by atoms with E-state index < -0.39 is 34.2 Å². The maximum atomic E-state index is 15.2. The number of piperazine rings is 2. The lowest BCUT2D eigenvalue weighted by Crippen LogP contribution is -2.64. The monoisotopic (exact) mass is 1300 g/mol. The van der Waals surface area contributed by atoms with Gasteiger partial charge in [-0.2, -0.15) is 0 Å². The Morgan fingerprint density at radius 1 is 0.511 bits per heavy atom. The number of benzene rings is 4. The number of halogens is 2. The van der Waals surface area contributed by atoms with Crippen molar-refractivity contribution in [2.24, 2.45) is 0 Å². The zero-order chi connectivity index (χ0) is 67.6. The molecule has 0 aromatic heterocycles. The number of carbonyl (C=O) groups excluding carboxylic acids is 6. The van der Waals surface area contributed by atoms with Crippen LogP contribution in [-0.4, -0.2) is 231 Å². The van der Waals surface area contributed by atoms with E-state index >= 15 is 9.59 Å². The smallest absolute Gasteiger partial charge is 0.410 e. The second-order valence-corrected chi connectivity index (χ2v) is 29.4. The molecule has 6 aliphatic rings. The zero-order valence-electron chi connectivity index (χ0n) is 57.1. The Labute approximate surface area is 553 Å². The van der Waals surface area contributed by atoms with Crippen molar-refractivity contribution in [3.8, 4) is 0 Å². The number of morpholine rings is 2. The summed E-state index contributed by atoms with van der Waals surface area (Å²) >= 11 is 0. The summed E-state index contributed by atoms with van der Waals surface area (Å²) in [7, 11) is 0. The van der Waals surface area contributed by atoms with E-state index in [0.29, 0.717) is 114 Å². The Morgan fingerprint density at radius 3 is 1.22 bits per heavy atom. The van der Waals surface area contributed by atoms with E-state index in [1.807, 2.05) is 106 Å². The van der Waals surface area contributed by atoms with Crippen molar-refractivity contribution in [1.29, 1.82) is 0 Å². The number of carbonyl (C=O) groups is 6. The number of nitrogens with zero attached hydrogens (tertiary/aromatic N) is 8. The van der Waals surface area contributed by atoms with Crippen LogP contribution in [0, 0.1) is 11.6 Å². The molecule has 6 amide bonds. The first kappa shape index (κ1) is 69.7. The molecule has 510 valence electrons. The predicted molar refractivity (Wildman–Crippen MR) is 356 cm³/mol. The average molecular weight is 1300 g/mol. The maximum Gasteiger partial charge on any atom is 0.410 e. The predicted octanol–water partition coefficient (Wildman–Crippen LogP) is 7.35. The molecule has 22 heteroatoms. The van der Waals surface area contributed by atoms with E-state index in [1.54, 1.807) is 43.9 Å². The van der Waals surface area contributed by atoms with Gasteiger partial charge < -0.3 is 49.2 Å². The fourth-order valence-electron chi connectivity index (χ4n) is 14.2. The molecule has 0 saturated carbocycles. The molecule has 0 radical (unpaired) electrons. The van der Waals surface area contributed by atoms with Crippen molar-refractivity contribution in [2.75, 3.05) is 128 Å². The first-order valence-electron chi connectivity index (χ1n) is 33.5. The van der Waals surface area contributed by atoms with Crippen LogP contribution in [0.1, 0.15) is 116 Å². The van der Waals surface area contributed by atoms with Crippen molar-refractivity contribution < 1.29 is 56.5 Å². The van der Waals surface area contributed by atoms with E-state index in [-0.39, 0.29) is 111 Å². The number of rotatable bonds is 17. The first-order chi connectivity index (χ1) is 44.4. The van der Waals surface area contributed by atoms with Crippen LogP contribution < -0.4 is 20.4 Å². The van der Waals surface area contributed by atoms with Gasteiger partial charge in [0.2, 0.25) is 23.6 Å². The van der Waals surface area contributed by atoms with Gasteiger partial charge in [-0.3, -0.25) is 38.8 Å². The number of amides is 6. The molecule has 4 aromatic carbocycles. The molecule has 20 nitrogen and oxygen atoms in total. The van der Waals surface area contributed by atoms with E-state index in [1.165, 1.54) is 24.3 Å². The molecule has 0 spiro atoms. The zero-order valence-corrected chi connectivity index (χ0v) is 57.1. The Hall–Kier alpha value is -7.08. The van der Waals surface area contributed by atoms with Gasteiger partial charge in [-0.05, 0) is 166 Å². The molecule has 2 N–H and O–H groups in total. The number of anilines is 2. The topological polar surface area (TPSA) is 189 Å². The van der Waals surface area contributed by atoms with Gasteiger partial charge in [0.1, 0.15) is 22.8 Å². The summed E-state index contributed by atoms with van der Waals surface area (Å²) in [6.07, 6.45) is 0.106. The Morgan fingerprint density at radius 2 is 0.872 bits per heavy atom. The second kappa shape index (κ2) is 28.7. The van der Waals surface area contributed by atoms with Gasteiger partial charge in [-0.15, -0.1) is 0 Å². The van der Waals surface area contributed by atoms with Crippen molar-refractivity contribution in [3.05, 3.63) is 130 Å². The fraction of sp³-hybridized carbons (Fsp3) is 0.583. The summed E-state index contributed by atoms with van der Waals surface area (Å²) in [4.78, 5) is 104. The summed E-state index contributed by atoms with van der Waals surface area (Å²) in [5.74, 6) is -1.78. The lowest BCUT2D eigenvalue weighted by molar-refractivity contribution is -0.128. The molecule has 4 aromatic rings. The molecule has 10 rings (SSSR count). The number of fused-ring (bicyclic) bond motifs is 2. The van der Waals surface area contributed by atoms with E-state index in [0.717, 1.165) is 22.3 Å². The van der Waals surface area contributed by atoms with E-state index in [9.17, 15) is 28.0 Å². The van der Waals surface area contributed by atoms with Crippen LogP contribution >= 0.6 is 0 Å². The van der Waals surface area contributed by atoms with Crippen LogP contribution in [0.3, 0.4) is 0 Å². The Kier molecular flexibility index (Phi) is 21.3. The van der Waals surface area contributed by atoms with Crippen LogP contribution in [0.15, 0.2) is 84.9 Å². The number of hydrogen-bond donors (Lipinski definition) is 2. The molecule has 8 atom stereocenters. The third-order valence-corrected chi connectivity index (χ3v) is 19.5. The Balaban J connectivity index is 0.858. The van der Waals surface area contributed by atoms with Crippen LogP contribution in [0.25, 0.3) is 0 Å².